The summed E-state index contributed by atoms with van der Waals surface area (Å²) in [5.41, 5.74) is 3.00. The van der Waals surface area contributed by atoms with Crippen LogP contribution >= 0.6 is 0 Å². The zero-order valence-corrected chi connectivity index (χ0v) is 17.5. The van der Waals surface area contributed by atoms with Gasteiger partial charge in [-0.05, 0) is 48.7 Å². The zero-order chi connectivity index (χ0) is 20.8. The van der Waals surface area contributed by atoms with Crippen LogP contribution in [0.2, 0.25) is 0 Å². The minimum Gasteiger partial charge on any atom is -0.497 e. The monoisotopic (exact) mass is 402 g/mol. The van der Waals surface area contributed by atoms with Crippen LogP contribution in [-0.4, -0.2) is 61.4 Å². The van der Waals surface area contributed by atoms with Crippen molar-refractivity contribution in [2.45, 2.75) is 32.5 Å². The lowest BCUT2D eigenvalue weighted by molar-refractivity contribution is 0.0494. The quantitative estimate of drug-likeness (QED) is 0.735. The molecule has 2 aromatic rings. The second kappa shape index (κ2) is 10.1. The van der Waals surface area contributed by atoms with Gasteiger partial charge in [-0.3, -0.25) is 9.80 Å². The maximum atomic E-state index is 14.2. The number of nitrogens with zero attached hydrogens (tertiary/aromatic N) is 2. The van der Waals surface area contributed by atoms with Gasteiger partial charge in [-0.2, -0.15) is 0 Å². The molecule has 29 heavy (non-hydrogen) atoms. The molecule has 0 unspecified atom stereocenters. The fourth-order valence-corrected chi connectivity index (χ4v) is 4.05. The number of hydrogen-bond acceptors (Lipinski definition) is 5. The maximum absolute atomic E-state index is 14.2. The smallest absolute Gasteiger partial charge is 0.127 e. The van der Waals surface area contributed by atoms with Crippen LogP contribution in [0.3, 0.4) is 0 Å². The third kappa shape index (κ3) is 5.47. The molecule has 2 aromatic carbocycles. The highest BCUT2D eigenvalue weighted by Gasteiger charge is 2.27. The van der Waals surface area contributed by atoms with Gasteiger partial charge in [0.25, 0.3) is 0 Å². The van der Waals surface area contributed by atoms with E-state index >= 15 is 0 Å². The molecular weight excluding hydrogens is 371 g/mol. The molecule has 5 nitrogen and oxygen atoms in total. The lowest BCUT2D eigenvalue weighted by atomic mass is 10.0. The van der Waals surface area contributed by atoms with Gasteiger partial charge in [-0.1, -0.05) is 12.1 Å². The zero-order valence-electron chi connectivity index (χ0n) is 17.5. The Balaban J connectivity index is 1.67. The van der Waals surface area contributed by atoms with E-state index in [9.17, 15) is 9.50 Å². The number of halogens is 1. The standard InChI is InChI=1S/C23H31FN2O3/c1-17-12-18(4-7-23(17)29-3)14-26-10-9-25(16-20(26)8-11-27)15-19-13-21(28-2)5-6-22(19)24/h4-7,12-13,20,27H,8-11,14-16H2,1-3H3/t20-/m1/s1. The van der Waals surface area contributed by atoms with E-state index in [1.165, 1.54) is 11.6 Å². The third-order valence-corrected chi connectivity index (χ3v) is 5.64. The molecule has 0 radical (unpaired) electrons. The highest BCUT2D eigenvalue weighted by molar-refractivity contribution is 5.36. The first kappa shape index (κ1) is 21.6. The number of aliphatic hydroxyl groups excluding tert-OH is 1. The number of piperazine rings is 1. The minimum atomic E-state index is -0.208. The number of ether oxygens (including phenoxy) is 2. The summed E-state index contributed by atoms with van der Waals surface area (Å²) in [5.74, 6) is 1.35. The molecule has 0 amide bonds. The molecule has 158 valence electrons. The first-order valence-electron chi connectivity index (χ1n) is 10.1. The second-order valence-corrected chi connectivity index (χ2v) is 7.63. The fraction of sp³-hybridized carbons (Fsp3) is 0.478. The van der Waals surface area contributed by atoms with Gasteiger partial charge in [0.2, 0.25) is 0 Å². The first-order valence-corrected chi connectivity index (χ1v) is 10.1. The molecule has 0 spiro atoms. The van der Waals surface area contributed by atoms with Gasteiger partial charge in [0.05, 0.1) is 14.2 Å². The van der Waals surface area contributed by atoms with Crippen LogP contribution in [0.1, 0.15) is 23.1 Å². The van der Waals surface area contributed by atoms with Crippen LogP contribution in [0, 0.1) is 12.7 Å². The molecule has 1 fully saturated rings. The highest BCUT2D eigenvalue weighted by Crippen LogP contribution is 2.24. The first-order chi connectivity index (χ1) is 14.0. The Labute approximate surface area is 172 Å². The predicted octanol–water partition coefficient (Wildman–Crippen LogP) is 3.22. The molecule has 0 aliphatic carbocycles. The van der Waals surface area contributed by atoms with Gasteiger partial charge in [-0.25, -0.2) is 4.39 Å². The van der Waals surface area contributed by atoms with Crippen molar-refractivity contribution in [2.75, 3.05) is 40.5 Å². The Kier molecular flexibility index (Phi) is 7.47. The summed E-state index contributed by atoms with van der Waals surface area (Å²) in [7, 11) is 3.28. The predicted molar refractivity (Wildman–Crippen MR) is 112 cm³/mol. The SMILES string of the molecule is COc1ccc(F)c(CN2CCN(Cc3ccc(OC)c(C)c3)[C@H](CCO)C2)c1. The fourth-order valence-electron chi connectivity index (χ4n) is 4.05. The van der Waals surface area contributed by atoms with Crippen molar-refractivity contribution in [1.29, 1.82) is 0 Å². The summed E-state index contributed by atoms with van der Waals surface area (Å²) in [5, 5.41) is 9.56. The molecule has 6 heteroatoms. The van der Waals surface area contributed by atoms with Gasteiger partial charge in [0.1, 0.15) is 17.3 Å². The van der Waals surface area contributed by atoms with Crippen LogP contribution in [-0.2, 0) is 13.1 Å². The van der Waals surface area contributed by atoms with E-state index in [2.05, 4.69) is 21.9 Å². The number of methoxy groups -OCH3 is 2. The van der Waals surface area contributed by atoms with Crippen molar-refractivity contribution in [3.63, 3.8) is 0 Å². The van der Waals surface area contributed by atoms with E-state index in [1.54, 1.807) is 26.4 Å². The van der Waals surface area contributed by atoms with Crippen LogP contribution < -0.4 is 9.47 Å². The highest BCUT2D eigenvalue weighted by atomic mass is 19.1. The Morgan fingerprint density at radius 1 is 1.07 bits per heavy atom. The van der Waals surface area contributed by atoms with E-state index in [-0.39, 0.29) is 18.5 Å². The van der Waals surface area contributed by atoms with E-state index in [0.29, 0.717) is 24.3 Å². The van der Waals surface area contributed by atoms with Crippen LogP contribution in [0.4, 0.5) is 4.39 Å². The lowest BCUT2D eigenvalue weighted by Crippen LogP contribution is -2.52. The normalized spacial score (nSPS) is 18.0. The molecule has 1 heterocycles. The average Bonchev–Trinajstić information content (AvgIpc) is 2.72. The van der Waals surface area contributed by atoms with Gasteiger partial charge < -0.3 is 14.6 Å². The Bertz CT molecular complexity index is 815. The summed E-state index contributed by atoms with van der Waals surface area (Å²) in [6.45, 7) is 6.09. The second-order valence-electron chi connectivity index (χ2n) is 7.63. The van der Waals surface area contributed by atoms with Gasteiger partial charge >= 0.3 is 0 Å². The van der Waals surface area contributed by atoms with Crippen LogP contribution in [0.25, 0.3) is 0 Å². The van der Waals surface area contributed by atoms with Crippen molar-refractivity contribution in [3.8, 4) is 11.5 Å². The van der Waals surface area contributed by atoms with Gasteiger partial charge in [-0.15, -0.1) is 0 Å². The van der Waals surface area contributed by atoms with Crippen molar-refractivity contribution in [3.05, 3.63) is 58.9 Å². The summed E-state index contributed by atoms with van der Waals surface area (Å²) >= 11 is 0. The number of aryl methyl sites for hydroxylation is 1. The molecule has 1 atom stereocenters. The van der Waals surface area contributed by atoms with E-state index < -0.39 is 0 Å². The summed E-state index contributed by atoms with van der Waals surface area (Å²) < 4.78 is 24.8. The van der Waals surface area contributed by atoms with E-state index in [4.69, 9.17) is 9.47 Å². The minimum absolute atomic E-state index is 0.143. The molecule has 1 aliphatic heterocycles. The summed E-state index contributed by atoms with van der Waals surface area (Å²) in [6, 6.07) is 11.4. The number of hydrogen-bond donors (Lipinski definition) is 1. The Hall–Kier alpha value is -2.15. The number of rotatable bonds is 8. The largest absolute Gasteiger partial charge is 0.497 e. The van der Waals surface area contributed by atoms with Crippen LogP contribution in [0.5, 0.6) is 11.5 Å². The molecule has 0 saturated carbocycles. The molecule has 0 bridgehead atoms. The van der Waals surface area contributed by atoms with E-state index in [0.717, 1.165) is 37.5 Å². The maximum Gasteiger partial charge on any atom is 0.127 e. The van der Waals surface area contributed by atoms with Crippen molar-refractivity contribution in [2.24, 2.45) is 0 Å². The van der Waals surface area contributed by atoms with E-state index in [1.807, 2.05) is 13.0 Å². The molecule has 0 aromatic heterocycles. The summed E-state index contributed by atoms with van der Waals surface area (Å²) in [4.78, 5) is 4.67. The topological polar surface area (TPSA) is 45.2 Å². The van der Waals surface area contributed by atoms with Crippen molar-refractivity contribution >= 4 is 0 Å². The summed E-state index contributed by atoms with van der Waals surface area (Å²) in [6.07, 6.45) is 0.701. The van der Waals surface area contributed by atoms with Gasteiger partial charge in [0, 0.05) is 50.9 Å². The van der Waals surface area contributed by atoms with Crippen molar-refractivity contribution in [1.82, 2.24) is 9.80 Å². The molecular formula is C23H31FN2O3. The number of aliphatic hydroxyl groups is 1. The van der Waals surface area contributed by atoms with Crippen LogP contribution in [0.15, 0.2) is 36.4 Å². The molecule has 1 N–H and O–H groups in total. The lowest BCUT2D eigenvalue weighted by Gasteiger charge is -2.41. The average molecular weight is 403 g/mol. The van der Waals surface area contributed by atoms with Crippen molar-refractivity contribution < 1.29 is 19.0 Å². The Morgan fingerprint density at radius 2 is 1.90 bits per heavy atom. The van der Waals surface area contributed by atoms with Gasteiger partial charge in [0.15, 0.2) is 0 Å². The molecule has 1 aliphatic rings. The molecule has 1 saturated heterocycles. The molecule has 3 rings (SSSR count). The Morgan fingerprint density at radius 3 is 2.59 bits per heavy atom. The number of benzene rings is 2. The third-order valence-electron chi connectivity index (χ3n) is 5.64.